The Balaban J connectivity index is 2.13. The average Bonchev–Trinajstić information content (AvgIpc) is 2.46. The maximum atomic E-state index is 5.50. The number of nitrogens with zero attached hydrogens (tertiary/aromatic N) is 1. The molecule has 0 radical (unpaired) electrons. The summed E-state index contributed by atoms with van der Waals surface area (Å²) in [5.41, 5.74) is 1.30. The highest BCUT2D eigenvalue weighted by Gasteiger charge is 2.24. The van der Waals surface area contributed by atoms with Crippen molar-refractivity contribution in [2.24, 2.45) is 0 Å². The van der Waals surface area contributed by atoms with Crippen molar-refractivity contribution in [3.05, 3.63) is 23.8 Å². The molecular formula is C16H25NO2. The van der Waals surface area contributed by atoms with E-state index in [2.05, 4.69) is 24.8 Å². The number of hydrogen-bond donors (Lipinski definition) is 0. The van der Waals surface area contributed by atoms with E-state index in [1.54, 1.807) is 14.2 Å². The van der Waals surface area contributed by atoms with Crippen LogP contribution in [0.2, 0.25) is 0 Å². The molecule has 0 bridgehead atoms. The zero-order valence-electron chi connectivity index (χ0n) is 12.5. The lowest BCUT2D eigenvalue weighted by molar-refractivity contribution is 0.171. The molecule has 1 heterocycles. The molecule has 0 unspecified atom stereocenters. The first-order valence-electron chi connectivity index (χ1n) is 7.11. The van der Waals surface area contributed by atoms with Crippen LogP contribution in [-0.4, -0.2) is 38.3 Å². The van der Waals surface area contributed by atoms with Crippen LogP contribution in [0.3, 0.4) is 0 Å². The monoisotopic (exact) mass is 263 g/mol. The highest BCUT2D eigenvalue weighted by Crippen LogP contribution is 2.36. The van der Waals surface area contributed by atoms with Gasteiger partial charge in [-0.25, -0.2) is 0 Å². The van der Waals surface area contributed by atoms with Crippen LogP contribution in [0.15, 0.2) is 18.2 Å². The van der Waals surface area contributed by atoms with Crippen LogP contribution in [0, 0.1) is 0 Å². The Labute approximate surface area is 116 Å². The fourth-order valence-electron chi connectivity index (χ4n) is 2.89. The van der Waals surface area contributed by atoms with Gasteiger partial charge in [0, 0.05) is 11.6 Å². The molecule has 0 saturated carbocycles. The van der Waals surface area contributed by atoms with Crippen LogP contribution in [0.1, 0.15) is 38.2 Å². The molecular weight excluding hydrogens is 238 g/mol. The summed E-state index contributed by atoms with van der Waals surface area (Å²) in [6, 6.07) is 6.76. The standard InChI is InChI=1S/C16H25NO2/c1-12(2)17-9-7-13(8-10-17)15-11-14(18-3)5-6-16(15)19-4/h5-6,11-13H,7-10H2,1-4H3. The van der Waals surface area contributed by atoms with E-state index in [9.17, 15) is 0 Å². The van der Waals surface area contributed by atoms with Crippen molar-refractivity contribution in [1.82, 2.24) is 4.90 Å². The van der Waals surface area contributed by atoms with Crippen LogP contribution in [-0.2, 0) is 0 Å². The fourth-order valence-corrected chi connectivity index (χ4v) is 2.89. The Kier molecular flexibility index (Phi) is 4.70. The van der Waals surface area contributed by atoms with E-state index in [1.807, 2.05) is 12.1 Å². The minimum absolute atomic E-state index is 0.583. The Morgan fingerprint density at radius 3 is 2.32 bits per heavy atom. The highest BCUT2D eigenvalue weighted by atomic mass is 16.5. The highest BCUT2D eigenvalue weighted by molar-refractivity contribution is 5.42. The van der Waals surface area contributed by atoms with Gasteiger partial charge in [0.1, 0.15) is 11.5 Å². The third-order valence-electron chi connectivity index (χ3n) is 4.14. The van der Waals surface area contributed by atoms with Gasteiger partial charge in [0.25, 0.3) is 0 Å². The lowest BCUT2D eigenvalue weighted by Crippen LogP contribution is -2.37. The normalized spacial score (nSPS) is 17.7. The van der Waals surface area contributed by atoms with Crippen molar-refractivity contribution in [2.75, 3.05) is 27.3 Å². The molecule has 0 aromatic heterocycles. The summed E-state index contributed by atoms with van der Waals surface area (Å²) < 4.78 is 10.8. The van der Waals surface area contributed by atoms with Gasteiger partial charge in [-0.05, 0) is 63.9 Å². The van der Waals surface area contributed by atoms with E-state index in [0.29, 0.717) is 12.0 Å². The molecule has 3 nitrogen and oxygen atoms in total. The summed E-state index contributed by atoms with van der Waals surface area (Å²) in [7, 11) is 3.46. The Morgan fingerprint density at radius 2 is 1.79 bits per heavy atom. The molecule has 19 heavy (non-hydrogen) atoms. The topological polar surface area (TPSA) is 21.7 Å². The maximum Gasteiger partial charge on any atom is 0.122 e. The van der Waals surface area contributed by atoms with Gasteiger partial charge in [-0.1, -0.05) is 0 Å². The van der Waals surface area contributed by atoms with E-state index in [1.165, 1.54) is 31.5 Å². The predicted octanol–water partition coefficient (Wildman–Crippen LogP) is 3.29. The summed E-state index contributed by atoms with van der Waals surface area (Å²) in [6.45, 7) is 6.88. The van der Waals surface area contributed by atoms with Gasteiger partial charge in [0.2, 0.25) is 0 Å². The molecule has 0 spiro atoms. The van der Waals surface area contributed by atoms with Crippen LogP contribution in [0.5, 0.6) is 11.5 Å². The maximum absolute atomic E-state index is 5.50. The molecule has 1 saturated heterocycles. The lowest BCUT2D eigenvalue weighted by Gasteiger charge is -2.35. The molecule has 1 aliphatic heterocycles. The van der Waals surface area contributed by atoms with Crippen LogP contribution >= 0.6 is 0 Å². The molecule has 0 aliphatic carbocycles. The third-order valence-corrected chi connectivity index (χ3v) is 4.14. The fraction of sp³-hybridized carbons (Fsp3) is 0.625. The number of benzene rings is 1. The van der Waals surface area contributed by atoms with Gasteiger partial charge in [-0.2, -0.15) is 0 Å². The number of likely N-dealkylation sites (tertiary alicyclic amines) is 1. The number of piperidine rings is 1. The van der Waals surface area contributed by atoms with E-state index in [0.717, 1.165) is 11.5 Å². The predicted molar refractivity (Wildman–Crippen MR) is 78.2 cm³/mol. The van der Waals surface area contributed by atoms with Gasteiger partial charge in [-0.15, -0.1) is 0 Å². The molecule has 1 aromatic rings. The Hall–Kier alpha value is -1.22. The molecule has 1 fully saturated rings. The zero-order chi connectivity index (χ0) is 13.8. The van der Waals surface area contributed by atoms with E-state index < -0.39 is 0 Å². The smallest absolute Gasteiger partial charge is 0.122 e. The van der Waals surface area contributed by atoms with E-state index in [-0.39, 0.29) is 0 Å². The van der Waals surface area contributed by atoms with Crippen molar-refractivity contribution in [3.8, 4) is 11.5 Å². The van der Waals surface area contributed by atoms with Gasteiger partial charge in [-0.3, -0.25) is 0 Å². The van der Waals surface area contributed by atoms with E-state index >= 15 is 0 Å². The summed E-state index contributed by atoms with van der Waals surface area (Å²) in [6.07, 6.45) is 2.39. The second kappa shape index (κ2) is 6.29. The Morgan fingerprint density at radius 1 is 1.11 bits per heavy atom. The van der Waals surface area contributed by atoms with Gasteiger partial charge in [0.15, 0.2) is 0 Å². The first-order valence-corrected chi connectivity index (χ1v) is 7.11. The molecule has 1 aromatic carbocycles. The number of hydrogen-bond acceptors (Lipinski definition) is 3. The number of ether oxygens (including phenoxy) is 2. The average molecular weight is 263 g/mol. The molecule has 0 atom stereocenters. The van der Waals surface area contributed by atoms with Crippen LogP contribution < -0.4 is 9.47 Å². The van der Waals surface area contributed by atoms with Crippen molar-refractivity contribution in [3.63, 3.8) is 0 Å². The SMILES string of the molecule is COc1ccc(OC)c(C2CCN(C(C)C)CC2)c1. The quantitative estimate of drug-likeness (QED) is 0.832. The second-order valence-corrected chi connectivity index (χ2v) is 5.51. The summed E-state index contributed by atoms with van der Waals surface area (Å²) in [4.78, 5) is 2.54. The molecule has 2 rings (SSSR count). The first-order chi connectivity index (χ1) is 9.15. The van der Waals surface area contributed by atoms with Crippen molar-refractivity contribution >= 4 is 0 Å². The summed E-state index contributed by atoms with van der Waals surface area (Å²) in [5.74, 6) is 2.49. The Bertz CT molecular complexity index is 409. The minimum atomic E-state index is 0.583. The lowest BCUT2D eigenvalue weighted by atomic mass is 9.88. The molecule has 106 valence electrons. The second-order valence-electron chi connectivity index (χ2n) is 5.51. The largest absolute Gasteiger partial charge is 0.497 e. The summed E-state index contributed by atoms with van der Waals surface area (Å²) in [5, 5.41) is 0. The molecule has 1 aliphatic rings. The zero-order valence-corrected chi connectivity index (χ0v) is 12.5. The van der Waals surface area contributed by atoms with Crippen molar-refractivity contribution < 1.29 is 9.47 Å². The molecule has 3 heteroatoms. The number of methoxy groups -OCH3 is 2. The van der Waals surface area contributed by atoms with Gasteiger partial charge >= 0.3 is 0 Å². The van der Waals surface area contributed by atoms with Crippen molar-refractivity contribution in [1.29, 1.82) is 0 Å². The van der Waals surface area contributed by atoms with E-state index in [4.69, 9.17) is 9.47 Å². The van der Waals surface area contributed by atoms with Gasteiger partial charge < -0.3 is 14.4 Å². The molecule has 0 N–H and O–H groups in total. The number of rotatable bonds is 4. The van der Waals surface area contributed by atoms with Crippen LogP contribution in [0.25, 0.3) is 0 Å². The third kappa shape index (κ3) is 3.21. The minimum Gasteiger partial charge on any atom is -0.497 e. The first kappa shape index (κ1) is 14.2. The van der Waals surface area contributed by atoms with Gasteiger partial charge in [0.05, 0.1) is 14.2 Å². The summed E-state index contributed by atoms with van der Waals surface area (Å²) >= 11 is 0. The van der Waals surface area contributed by atoms with Crippen LogP contribution in [0.4, 0.5) is 0 Å². The molecule has 0 amide bonds. The van der Waals surface area contributed by atoms with Crippen molar-refractivity contribution in [2.45, 2.75) is 38.6 Å².